The minimum atomic E-state index is -1.10. The average molecular weight is 412 g/mol. The number of fused-ring (bicyclic) bond motifs is 1. The van der Waals surface area contributed by atoms with Crippen LogP contribution in [0.2, 0.25) is 0 Å². The van der Waals surface area contributed by atoms with Gasteiger partial charge in [0, 0.05) is 16.7 Å². The highest BCUT2D eigenvalue weighted by molar-refractivity contribution is 5.96. The van der Waals surface area contributed by atoms with Gasteiger partial charge in [0.15, 0.2) is 5.60 Å². The molecule has 0 bridgehead atoms. The lowest BCUT2D eigenvalue weighted by molar-refractivity contribution is 0.0251. The molecular weight excluding hydrogens is 392 g/mol. The zero-order valence-corrected chi connectivity index (χ0v) is 16.5. The summed E-state index contributed by atoms with van der Waals surface area (Å²) in [4.78, 5) is 12.4. The van der Waals surface area contributed by atoms with Gasteiger partial charge in [-0.1, -0.05) is 60.7 Å². The normalized spacial score (nSPS) is 13.5. The lowest BCUT2D eigenvalue weighted by atomic mass is 9.80. The van der Waals surface area contributed by atoms with Crippen molar-refractivity contribution in [1.29, 1.82) is 0 Å². The number of esters is 1. The maximum Gasteiger partial charge on any atom is 0.340 e. The number of rotatable bonds is 2. The number of carbonyl (C=O) groups is 1. The van der Waals surface area contributed by atoms with Gasteiger partial charge < -0.3 is 20.1 Å². The van der Waals surface area contributed by atoms with Gasteiger partial charge in [0.05, 0.1) is 5.56 Å². The molecule has 5 rings (SSSR count). The molecule has 154 valence electrons. The maximum absolute atomic E-state index is 12.4. The summed E-state index contributed by atoms with van der Waals surface area (Å²) in [6.07, 6.45) is 0. The number of ether oxygens (including phenoxy) is 1. The molecule has 0 amide bonds. The number of aromatic hydroxyl groups is 3. The van der Waals surface area contributed by atoms with Gasteiger partial charge in [0.1, 0.15) is 17.2 Å². The van der Waals surface area contributed by atoms with E-state index in [-0.39, 0.29) is 11.5 Å². The van der Waals surface area contributed by atoms with Crippen LogP contribution in [0.15, 0.2) is 103 Å². The van der Waals surface area contributed by atoms with Crippen LogP contribution in [0.4, 0.5) is 0 Å². The van der Waals surface area contributed by atoms with Crippen molar-refractivity contribution in [2.75, 3.05) is 0 Å². The molecule has 0 fully saturated rings. The minimum Gasteiger partial charge on any atom is -0.508 e. The number of para-hydroxylation sites is 1. The van der Waals surface area contributed by atoms with Gasteiger partial charge in [-0.3, -0.25) is 0 Å². The fraction of sp³-hybridized carbons (Fsp3) is 0.0385. The molecule has 0 aliphatic carbocycles. The van der Waals surface area contributed by atoms with Crippen molar-refractivity contribution < 1.29 is 24.9 Å². The topological polar surface area (TPSA) is 87.0 Å². The van der Waals surface area contributed by atoms with Crippen molar-refractivity contribution in [3.05, 3.63) is 125 Å². The molecule has 0 saturated heterocycles. The van der Waals surface area contributed by atoms with Gasteiger partial charge in [-0.2, -0.15) is 0 Å². The predicted octanol–water partition coefficient (Wildman–Crippen LogP) is 4.95. The Bertz CT molecular complexity index is 1140. The summed E-state index contributed by atoms with van der Waals surface area (Å²) in [5.74, 6) is 0.198. The van der Waals surface area contributed by atoms with Gasteiger partial charge >= 0.3 is 5.97 Å². The van der Waals surface area contributed by atoms with Gasteiger partial charge in [0.25, 0.3) is 0 Å². The second kappa shape index (κ2) is 8.24. The Kier molecular flexibility index (Phi) is 5.33. The molecule has 0 spiro atoms. The molecule has 4 aromatic carbocycles. The van der Waals surface area contributed by atoms with Crippen LogP contribution in [0.3, 0.4) is 0 Å². The Balaban J connectivity index is 0.000000282. The minimum absolute atomic E-state index is 0.136. The number of hydrogen-bond acceptors (Lipinski definition) is 5. The monoisotopic (exact) mass is 412 g/mol. The lowest BCUT2D eigenvalue weighted by Crippen LogP contribution is -2.29. The van der Waals surface area contributed by atoms with Crippen LogP contribution >= 0.6 is 0 Å². The number of cyclic esters (lactones) is 1. The fourth-order valence-corrected chi connectivity index (χ4v) is 3.63. The molecule has 1 heterocycles. The van der Waals surface area contributed by atoms with E-state index in [1.165, 1.54) is 0 Å². The smallest absolute Gasteiger partial charge is 0.340 e. The molecule has 0 unspecified atom stereocenters. The third-order valence-electron chi connectivity index (χ3n) is 5.08. The molecule has 4 aromatic rings. The number of phenolic OH excluding ortho intramolecular Hbond substituents is 3. The predicted molar refractivity (Wildman–Crippen MR) is 116 cm³/mol. The maximum atomic E-state index is 12.4. The number of phenols is 3. The van der Waals surface area contributed by atoms with E-state index in [2.05, 4.69) is 0 Å². The molecular formula is C26H20O5. The van der Waals surface area contributed by atoms with Crippen LogP contribution in [-0.4, -0.2) is 21.3 Å². The molecule has 5 heteroatoms. The van der Waals surface area contributed by atoms with Gasteiger partial charge in [-0.05, 0) is 42.5 Å². The molecule has 5 nitrogen and oxygen atoms in total. The SMILES string of the molecule is O=C1OC(c2ccc(O)cc2)(c2ccc(O)cc2)c2ccccc21.Oc1ccccc1. The number of hydrogen-bond donors (Lipinski definition) is 3. The van der Waals surface area contributed by atoms with Crippen molar-refractivity contribution >= 4 is 5.97 Å². The van der Waals surface area contributed by atoms with E-state index >= 15 is 0 Å². The van der Waals surface area contributed by atoms with Crippen LogP contribution in [-0.2, 0) is 10.3 Å². The average Bonchev–Trinajstić information content (AvgIpc) is 3.09. The summed E-state index contributed by atoms with van der Waals surface area (Å²) in [6, 6.07) is 29.1. The van der Waals surface area contributed by atoms with Crippen LogP contribution in [0.1, 0.15) is 27.0 Å². The first-order valence-corrected chi connectivity index (χ1v) is 9.66. The highest BCUT2D eigenvalue weighted by Gasteiger charge is 2.48. The first kappa shape index (κ1) is 20.0. The van der Waals surface area contributed by atoms with E-state index in [1.54, 1.807) is 84.9 Å². The first-order chi connectivity index (χ1) is 15.0. The van der Waals surface area contributed by atoms with Crippen molar-refractivity contribution in [3.8, 4) is 17.2 Å². The van der Waals surface area contributed by atoms with Crippen LogP contribution in [0, 0.1) is 0 Å². The Morgan fingerprint density at radius 1 is 0.548 bits per heavy atom. The van der Waals surface area contributed by atoms with Crippen LogP contribution in [0.5, 0.6) is 17.2 Å². The zero-order chi connectivity index (χ0) is 21.8. The summed E-state index contributed by atoms with van der Waals surface area (Å²) < 4.78 is 5.87. The third-order valence-corrected chi connectivity index (χ3v) is 5.08. The van der Waals surface area contributed by atoms with E-state index in [9.17, 15) is 15.0 Å². The Hall–Kier alpha value is -4.25. The molecule has 0 atom stereocenters. The Morgan fingerprint density at radius 2 is 1.00 bits per heavy atom. The highest BCUT2D eigenvalue weighted by Crippen LogP contribution is 2.47. The number of carbonyl (C=O) groups excluding carboxylic acids is 1. The second-order valence-electron chi connectivity index (χ2n) is 7.05. The Labute approximate surface area is 179 Å². The summed E-state index contributed by atoms with van der Waals surface area (Å²) >= 11 is 0. The largest absolute Gasteiger partial charge is 0.508 e. The molecule has 31 heavy (non-hydrogen) atoms. The van der Waals surface area contributed by atoms with E-state index in [0.29, 0.717) is 11.3 Å². The van der Waals surface area contributed by atoms with E-state index in [0.717, 1.165) is 16.7 Å². The Morgan fingerprint density at radius 3 is 1.48 bits per heavy atom. The summed E-state index contributed by atoms with van der Waals surface area (Å²) in [5, 5.41) is 27.8. The molecule has 0 aromatic heterocycles. The first-order valence-electron chi connectivity index (χ1n) is 9.66. The van der Waals surface area contributed by atoms with Crippen molar-refractivity contribution in [2.24, 2.45) is 0 Å². The molecule has 0 saturated carbocycles. The molecule has 1 aliphatic heterocycles. The second-order valence-corrected chi connectivity index (χ2v) is 7.05. The zero-order valence-electron chi connectivity index (χ0n) is 16.5. The summed E-state index contributed by atoms with van der Waals surface area (Å²) in [6.45, 7) is 0. The summed E-state index contributed by atoms with van der Waals surface area (Å²) in [5.41, 5.74) is 1.60. The standard InChI is InChI=1S/C20H14O4.C6H6O/c21-15-9-5-13(6-10-15)20(14-7-11-16(22)12-8-14)18-4-2-1-3-17(18)19(23)24-20;7-6-4-2-1-3-5-6/h1-12,21-22H;1-5,7H. The fourth-order valence-electron chi connectivity index (χ4n) is 3.63. The van der Waals surface area contributed by atoms with Crippen LogP contribution in [0.25, 0.3) is 0 Å². The van der Waals surface area contributed by atoms with Gasteiger partial charge in [-0.25, -0.2) is 4.79 Å². The third kappa shape index (κ3) is 3.81. The molecule has 1 aliphatic rings. The van der Waals surface area contributed by atoms with Gasteiger partial charge in [-0.15, -0.1) is 0 Å². The van der Waals surface area contributed by atoms with E-state index in [4.69, 9.17) is 9.84 Å². The van der Waals surface area contributed by atoms with E-state index < -0.39 is 11.6 Å². The molecule has 3 N–H and O–H groups in total. The van der Waals surface area contributed by atoms with Gasteiger partial charge in [0.2, 0.25) is 0 Å². The van der Waals surface area contributed by atoms with Crippen LogP contribution < -0.4 is 0 Å². The van der Waals surface area contributed by atoms with Crippen molar-refractivity contribution in [2.45, 2.75) is 5.60 Å². The lowest BCUT2D eigenvalue weighted by Gasteiger charge is -2.30. The van der Waals surface area contributed by atoms with Crippen molar-refractivity contribution in [1.82, 2.24) is 0 Å². The number of benzene rings is 4. The molecule has 0 radical (unpaired) electrons. The van der Waals surface area contributed by atoms with E-state index in [1.807, 2.05) is 18.2 Å². The quantitative estimate of drug-likeness (QED) is 0.406. The highest BCUT2D eigenvalue weighted by atomic mass is 16.6. The van der Waals surface area contributed by atoms with Crippen molar-refractivity contribution in [3.63, 3.8) is 0 Å². The summed E-state index contributed by atoms with van der Waals surface area (Å²) in [7, 11) is 0.